The van der Waals surface area contributed by atoms with Crippen molar-refractivity contribution in [1.29, 1.82) is 0 Å². The van der Waals surface area contributed by atoms with Gasteiger partial charge >= 0.3 is 11.9 Å². The van der Waals surface area contributed by atoms with Gasteiger partial charge in [0.25, 0.3) is 0 Å². The Balaban J connectivity index is 2.30. The number of anilines is 1. The third kappa shape index (κ3) is 4.13. The molecule has 0 bridgehead atoms. The van der Waals surface area contributed by atoms with Crippen LogP contribution in [0.5, 0.6) is 0 Å². The third-order valence-corrected chi connectivity index (χ3v) is 5.55. The maximum absolute atomic E-state index is 12.4. The van der Waals surface area contributed by atoms with Gasteiger partial charge in [-0.05, 0) is 42.3 Å². The predicted molar refractivity (Wildman–Crippen MR) is 99.6 cm³/mol. The Labute approximate surface area is 162 Å². The molecule has 140 valence electrons. The molecule has 0 aliphatic heterocycles. The van der Waals surface area contributed by atoms with E-state index in [1.807, 2.05) is 6.92 Å². The summed E-state index contributed by atoms with van der Waals surface area (Å²) in [5, 5.41) is 7.00. The van der Waals surface area contributed by atoms with Gasteiger partial charge in [0, 0.05) is 0 Å². The smallest absolute Gasteiger partial charge is 0.348 e. The van der Waals surface area contributed by atoms with Crippen molar-refractivity contribution in [2.45, 2.75) is 27.3 Å². The average Bonchev–Trinajstić information content (AvgIpc) is 3.08. The van der Waals surface area contributed by atoms with Crippen LogP contribution in [0.4, 0.5) is 5.00 Å². The molecule has 1 N–H and O–H groups in total. The maximum atomic E-state index is 12.4. The molecule has 0 spiro atoms. The first-order valence-electron chi connectivity index (χ1n) is 7.66. The average molecular weight is 444 g/mol. The molecule has 0 aliphatic rings. The van der Waals surface area contributed by atoms with Gasteiger partial charge in [-0.3, -0.25) is 9.48 Å². The summed E-state index contributed by atoms with van der Waals surface area (Å²) in [7, 11) is 1.24. The Hall–Kier alpha value is -2.20. The minimum Gasteiger partial charge on any atom is -0.465 e. The van der Waals surface area contributed by atoms with E-state index in [4.69, 9.17) is 9.47 Å². The Kier molecular flexibility index (Phi) is 6.54. The number of ether oxygens (including phenoxy) is 2. The molecule has 0 aromatic carbocycles. The van der Waals surface area contributed by atoms with Crippen LogP contribution in [0.15, 0.2) is 10.7 Å². The van der Waals surface area contributed by atoms with E-state index in [9.17, 15) is 14.4 Å². The van der Waals surface area contributed by atoms with Crippen LogP contribution in [0.2, 0.25) is 0 Å². The topological polar surface area (TPSA) is 99.5 Å². The van der Waals surface area contributed by atoms with Crippen LogP contribution in [0.25, 0.3) is 0 Å². The number of amides is 1. The van der Waals surface area contributed by atoms with E-state index in [2.05, 4.69) is 26.3 Å². The molecule has 0 aliphatic carbocycles. The first-order chi connectivity index (χ1) is 12.3. The van der Waals surface area contributed by atoms with Gasteiger partial charge in [0.2, 0.25) is 5.91 Å². The summed E-state index contributed by atoms with van der Waals surface area (Å²) < 4.78 is 12.1. The molecule has 0 fully saturated rings. The van der Waals surface area contributed by atoms with Crippen LogP contribution in [0.3, 0.4) is 0 Å². The van der Waals surface area contributed by atoms with Gasteiger partial charge in [0.15, 0.2) is 0 Å². The number of nitrogens with zero attached hydrogens (tertiary/aromatic N) is 2. The van der Waals surface area contributed by atoms with Crippen LogP contribution in [-0.2, 0) is 20.8 Å². The van der Waals surface area contributed by atoms with Crippen LogP contribution in [-0.4, -0.2) is 41.3 Å². The predicted octanol–water partition coefficient (Wildman–Crippen LogP) is 2.93. The molecule has 2 aromatic heterocycles. The van der Waals surface area contributed by atoms with Crippen molar-refractivity contribution in [3.05, 3.63) is 32.4 Å². The number of carbonyl (C=O) groups is 3. The monoisotopic (exact) mass is 443 g/mol. The van der Waals surface area contributed by atoms with Gasteiger partial charge < -0.3 is 14.8 Å². The zero-order valence-corrected chi connectivity index (χ0v) is 17.1. The lowest BCUT2D eigenvalue weighted by Crippen LogP contribution is -2.21. The van der Waals surface area contributed by atoms with E-state index < -0.39 is 11.9 Å². The molecule has 8 nitrogen and oxygen atoms in total. The molecule has 0 unspecified atom stereocenters. The van der Waals surface area contributed by atoms with Crippen molar-refractivity contribution in [1.82, 2.24) is 9.78 Å². The fourth-order valence-electron chi connectivity index (χ4n) is 2.23. The van der Waals surface area contributed by atoms with Crippen molar-refractivity contribution in [3.8, 4) is 0 Å². The lowest BCUT2D eigenvalue weighted by atomic mass is 10.1. The van der Waals surface area contributed by atoms with Crippen molar-refractivity contribution in [2.75, 3.05) is 19.0 Å². The van der Waals surface area contributed by atoms with Crippen LogP contribution < -0.4 is 5.32 Å². The summed E-state index contributed by atoms with van der Waals surface area (Å²) >= 11 is 4.31. The zero-order chi connectivity index (χ0) is 19.4. The SMILES string of the molecule is CCOC(=O)c1sc(NC(=O)Cn2ncc(Br)c2C)c(C(=O)OC)c1C. The number of hydrogen-bond acceptors (Lipinski definition) is 7. The van der Waals surface area contributed by atoms with E-state index in [1.54, 1.807) is 20.0 Å². The fraction of sp³-hybridized carbons (Fsp3) is 0.375. The Bertz CT molecular complexity index is 858. The maximum Gasteiger partial charge on any atom is 0.348 e. The van der Waals surface area contributed by atoms with E-state index in [0.29, 0.717) is 5.56 Å². The highest BCUT2D eigenvalue weighted by molar-refractivity contribution is 9.10. The molecule has 0 atom stereocenters. The number of esters is 2. The van der Waals surface area contributed by atoms with Crippen LogP contribution in [0.1, 0.15) is 38.2 Å². The Morgan fingerprint density at radius 3 is 2.54 bits per heavy atom. The van der Waals surface area contributed by atoms with Gasteiger partial charge in [-0.15, -0.1) is 11.3 Å². The summed E-state index contributed by atoms with van der Waals surface area (Å²) in [5.74, 6) is -1.57. The molecule has 0 saturated heterocycles. The van der Waals surface area contributed by atoms with Gasteiger partial charge in [-0.1, -0.05) is 0 Å². The van der Waals surface area contributed by atoms with Crippen molar-refractivity contribution >= 4 is 50.1 Å². The van der Waals surface area contributed by atoms with Gasteiger partial charge in [-0.25, -0.2) is 9.59 Å². The summed E-state index contributed by atoms with van der Waals surface area (Å²) in [6, 6.07) is 0. The minimum absolute atomic E-state index is 0.0380. The lowest BCUT2D eigenvalue weighted by molar-refractivity contribution is -0.116. The molecule has 2 rings (SSSR count). The number of halogens is 1. The number of hydrogen-bond donors (Lipinski definition) is 1. The van der Waals surface area contributed by atoms with E-state index in [-0.39, 0.29) is 34.5 Å². The number of thiophene rings is 1. The summed E-state index contributed by atoms with van der Waals surface area (Å²) in [6.45, 7) is 5.29. The van der Waals surface area contributed by atoms with Crippen molar-refractivity contribution in [3.63, 3.8) is 0 Å². The normalized spacial score (nSPS) is 10.5. The number of rotatable bonds is 6. The second kappa shape index (κ2) is 8.45. The summed E-state index contributed by atoms with van der Waals surface area (Å²) in [6.07, 6.45) is 1.59. The number of aromatic nitrogens is 2. The zero-order valence-electron chi connectivity index (χ0n) is 14.7. The number of nitrogens with one attached hydrogen (secondary N) is 1. The molecule has 10 heteroatoms. The van der Waals surface area contributed by atoms with Gasteiger partial charge in [0.1, 0.15) is 16.4 Å². The molecule has 26 heavy (non-hydrogen) atoms. The van der Waals surface area contributed by atoms with Crippen LogP contribution in [0, 0.1) is 13.8 Å². The largest absolute Gasteiger partial charge is 0.465 e. The lowest BCUT2D eigenvalue weighted by Gasteiger charge is -2.07. The van der Waals surface area contributed by atoms with E-state index in [1.165, 1.54) is 11.8 Å². The Morgan fingerprint density at radius 2 is 2.00 bits per heavy atom. The number of carbonyl (C=O) groups excluding carboxylic acids is 3. The third-order valence-electron chi connectivity index (χ3n) is 3.59. The van der Waals surface area contributed by atoms with E-state index >= 15 is 0 Å². The summed E-state index contributed by atoms with van der Waals surface area (Å²) in [4.78, 5) is 36.8. The molecule has 2 aromatic rings. The highest BCUT2D eigenvalue weighted by Crippen LogP contribution is 2.34. The first kappa shape index (κ1) is 20.1. The van der Waals surface area contributed by atoms with Crippen LogP contribution >= 0.6 is 27.3 Å². The van der Waals surface area contributed by atoms with Gasteiger partial charge in [-0.2, -0.15) is 5.10 Å². The van der Waals surface area contributed by atoms with Crippen molar-refractivity contribution < 1.29 is 23.9 Å². The van der Waals surface area contributed by atoms with Gasteiger partial charge in [0.05, 0.1) is 35.6 Å². The molecular weight excluding hydrogens is 426 g/mol. The highest BCUT2D eigenvalue weighted by Gasteiger charge is 2.27. The van der Waals surface area contributed by atoms with E-state index in [0.717, 1.165) is 21.5 Å². The highest BCUT2D eigenvalue weighted by atomic mass is 79.9. The summed E-state index contributed by atoms with van der Waals surface area (Å²) in [5.41, 5.74) is 1.35. The molecule has 1 amide bonds. The second-order valence-corrected chi connectivity index (χ2v) is 7.13. The molecular formula is C16H18BrN3O5S. The minimum atomic E-state index is -0.636. The standard InChI is InChI=1S/C16H18BrN3O5S/c1-5-25-16(23)13-8(2)12(15(22)24-4)14(26-13)19-11(21)7-20-9(3)10(17)6-18-20/h6H,5,7H2,1-4H3,(H,19,21). The fourth-order valence-corrected chi connectivity index (χ4v) is 3.63. The quantitative estimate of drug-likeness (QED) is 0.688. The molecule has 0 radical (unpaired) electrons. The number of methoxy groups -OCH3 is 1. The second-order valence-electron chi connectivity index (χ2n) is 5.26. The Morgan fingerprint density at radius 1 is 1.31 bits per heavy atom. The molecule has 0 saturated carbocycles. The first-order valence-corrected chi connectivity index (χ1v) is 9.27. The van der Waals surface area contributed by atoms with Crippen molar-refractivity contribution in [2.24, 2.45) is 0 Å². The molecule has 2 heterocycles.